The summed E-state index contributed by atoms with van der Waals surface area (Å²) < 4.78 is 5.50. The van der Waals surface area contributed by atoms with Crippen molar-refractivity contribution in [2.24, 2.45) is 0 Å². The molecule has 0 aliphatic carbocycles. The molecule has 0 spiro atoms. The van der Waals surface area contributed by atoms with Gasteiger partial charge in [-0.2, -0.15) is 0 Å². The maximum atomic E-state index is 12.5. The van der Waals surface area contributed by atoms with Gasteiger partial charge < -0.3 is 4.74 Å². The Morgan fingerprint density at radius 2 is 1.32 bits per heavy atom. The van der Waals surface area contributed by atoms with Crippen molar-refractivity contribution in [3.05, 3.63) is 41.8 Å². The Morgan fingerprint density at radius 1 is 0.818 bits per heavy atom. The zero-order valence-electron chi connectivity index (χ0n) is 14.0. The van der Waals surface area contributed by atoms with Crippen molar-refractivity contribution in [2.75, 3.05) is 6.61 Å². The van der Waals surface area contributed by atoms with Crippen molar-refractivity contribution < 1.29 is 9.53 Å². The van der Waals surface area contributed by atoms with Gasteiger partial charge >= 0.3 is 5.97 Å². The minimum absolute atomic E-state index is 0.0587. The van der Waals surface area contributed by atoms with E-state index in [0.717, 1.165) is 0 Å². The van der Waals surface area contributed by atoms with Crippen molar-refractivity contribution in [1.82, 2.24) is 0 Å². The summed E-state index contributed by atoms with van der Waals surface area (Å²) in [4.78, 5) is 17.7. The van der Waals surface area contributed by atoms with Crippen molar-refractivity contribution in [3.8, 4) is 0 Å². The Kier molecular flexibility index (Phi) is 3.94. The normalized spacial score (nSPS) is 21.5. The second-order valence-corrected chi connectivity index (χ2v) is 9.08. The number of aryl methyl sites for hydroxylation is 4. The van der Waals surface area contributed by atoms with Gasteiger partial charge in [0.1, 0.15) is 0 Å². The summed E-state index contributed by atoms with van der Waals surface area (Å²) in [5.41, 5.74) is 5.13. The number of esters is 1. The SMILES string of the molecule is Cc1sc(C)c(C2COC(=O)C2c2c(C)sc(C)c2C)c1C. The van der Waals surface area contributed by atoms with E-state index in [-0.39, 0.29) is 17.8 Å². The molecular weight excluding hydrogens is 312 g/mol. The first kappa shape index (κ1) is 15.8. The Balaban J connectivity index is 2.14. The van der Waals surface area contributed by atoms with Gasteiger partial charge in [-0.1, -0.05) is 0 Å². The van der Waals surface area contributed by atoms with Crippen LogP contribution in [0.3, 0.4) is 0 Å². The molecule has 2 aromatic rings. The summed E-state index contributed by atoms with van der Waals surface area (Å²) in [5, 5.41) is 0. The minimum atomic E-state index is -0.142. The lowest BCUT2D eigenvalue weighted by Crippen LogP contribution is -2.15. The first-order chi connectivity index (χ1) is 10.3. The van der Waals surface area contributed by atoms with Crippen LogP contribution in [-0.2, 0) is 9.53 Å². The molecule has 4 heteroatoms. The van der Waals surface area contributed by atoms with Crippen LogP contribution in [0.25, 0.3) is 0 Å². The quantitative estimate of drug-likeness (QED) is 0.716. The highest BCUT2D eigenvalue weighted by molar-refractivity contribution is 7.12. The summed E-state index contributed by atoms with van der Waals surface area (Å²) in [6, 6.07) is 0. The summed E-state index contributed by atoms with van der Waals surface area (Å²) in [5.74, 6) is -0.0446. The van der Waals surface area contributed by atoms with Crippen molar-refractivity contribution in [3.63, 3.8) is 0 Å². The van der Waals surface area contributed by atoms with E-state index in [4.69, 9.17) is 4.74 Å². The summed E-state index contributed by atoms with van der Waals surface area (Å²) >= 11 is 3.62. The van der Waals surface area contributed by atoms with E-state index in [0.29, 0.717) is 6.61 Å². The van der Waals surface area contributed by atoms with E-state index in [1.54, 1.807) is 11.3 Å². The Bertz CT molecular complexity index is 752. The Morgan fingerprint density at radius 3 is 1.77 bits per heavy atom. The fraction of sp³-hybridized carbons (Fsp3) is 0.500. The predicted octanol–water partition coefficient (Wildman–Crippen LogP) is 5.08. The Hall–Kier alpha value is -1.13. The Labute approximate surface area is 140 Å². The molecule has 0 aromatic carbocycles. The molecule has 2 nitrogen and oxygen atoms in total. The molecule has 0 bridgehead atoms. The van der Waals surface area contributed by atoms with E-state index in [1.165, 1.54) is 41.8 Å². The summed E-state index contributed by atoms with van der Waals surface area (Å²) in [6.45, 7) is 13.4. The van der Waals surface area contributed by atoms with Crippen LogP contribution in [0.2, 0.25) is 0 Å². The molecule has 2 atom stereocenters. The van der Waals surface area contributed by atoms with E-state index < -0.39 is 0 Å². The highest BCUT2D eigenvalue weighted by Gasteiger charge is 2.43. The van der Waals surface area contributed by atoms with Crippen LogP contribution in [0.4, 0.5) is 0 Å². The van der Waals surface area contributed by atoms with E-state index in [1.807, 2.05) is 11.3 Å². The average Bonchev–Trinajstić information content (AvgIpc) is 3.00. The van der Waals surface area contributed by atoms with Gasteiger partial charge in [-0.3, -0.25) is 4.79 Å². The largest absolute Gasteiger partial charge is 0.465 e. The van der Waals surface area contributed by atoms with Crippen LogP contribution in [0.15, 0.2) is 0 Å². The third kappa shape index (κ3) is 2.24. The maximum Gasteiger partial charge on any atom is 0.314 e. The molecule has 0 amide bonds. The number of thiophene rings is 2. The van der Waals surface area contributed by atoms with Gasteiger partial charge in [-0.25, -0.2) is 0 Å². The van der Waals surface area contributed by atoms with Crippen LogP contribution in [0, 0.1) is 41.5 Å². The standard InChI is InChI=1S/C18H22O2S2/c1-8-10(3)21-12(5)15(8)14-7-20-18(19)17(14)16-9(2)11(4)22-13(16)6/h14,17H,7H2,1-6H3. The van der Waals surface area contributed by atoms with Crippen LogP contribution in [0.1, 0.15) is 53.6 Å². The van der Waals surface area contributed by atoms with Crippen LogP contribution < -0.4 is 0 Å². The molecule has 3 rings (SSSR count). The highest BCUT2D eigenvalue weighted by atomic mass is 32.1. The van der Waals surface area contributed by atoms with Crippen LogP contribution in [0.5, 0.6) is 0 Å². The monoisotopic (exact) mass is 334 g/mol. The number of rotatable bonds is 2. The van der Waals surface area contributed by atoms with Gasteiger partial charge in [0.05, 0.1) is 12.5 Å². The van der Waals surface area contributed by atoms with Crippen molar-refractivity contribution in [2.45, 2.75) is 53.4 Å². The molecule has 0 radical (unpaired) electrons. The third-order valence-corrected chi connectivity index (χ3v) is 7.26. The first-order valence-electron chi connectivity index (χ1n) is 7.62. The number of hydrogen-bond donors (Lipinski definition) is 0. The number of ether oxygens (including phenoxy) is 1. The van der Waals surface area contributed by atoms with Crippen LogP contribution in [-0.4, -0.2) is 12.6 Å². The molecule has 1 aliphatic heterocycles. The molecule has 22 heavy (non-hydrogen) atoms. The molecule has 118 valence electrons. The van der Waals surface area contributed by atoms with E-state index in [9.17, 15) is 4.79 Å². The highest BCUT2D eigenvalue weighted by Crippen LogP contribution is 2.47. The van der Waals surface area contributed by atoms with Gasteiger partial charge in [-0.15, -0.1) is 22.7 Å². The maximum absolute atomic E-state index is 12.5. The average molecular weight is 335 g/mol. The lowest BCUT2D eigenvalue weighted by molar-refractivity contribution is -0.139. The van der Waals surface area contributed by atoms with Crippen molar-refractivity contribution in [1.29, 1.82) is 0 Å². The topological polar surface area (TPSA) is 26.3 Å². The third-order valence-electron chi connectivity index (χ3n) is 4.98. The zero-order chi connectivity index (χ0) is 16.2. The van der Waals surface area contributed by atoms with Gasteiger partial charge in [0.15, 0.2) is 0 Å². The number of hydrogen-bond acceptors (Lipinski definition) is 4. The second kappa shape index (κ2) is 5.50. The lowest BCUT2D eigenvalue weighted by Gasteiger charge is -2.18. The number of carbonyl (C=O) groups excluding carboxylic acids is 1. The fourth-order valence-electron chi connectivity index (χ4n) is 3.71. The molecule has 3 heterocycles. The summed E-state index contributed by atoms with van der Waals surface area (Å²) in [6.07, 6.45) is 0. The molecule has 1 aliphatic rings. The number of carbonyl (C=O) groups is 1. The van der Waals surface area contributed by atoms with Gasteiger partial charge in [-0.05, 0) is 63.8 Å². The smallest absolute Gasteiger partial charge is 0.314 e. The second-order valence-electron chi connectivity index (χ2n) is 6.22. The van der Waals surface area contributed by atoms with Gasteiger partial charge in [0, 0.05) is 25.4 Å². The zero-order valence-corrected chi connectivity index (χ0v) is 15.6. The molecular formula is C18H22O2S2. The molecule has 1 fully saturated rings. The van der Waals surface area contributed by atoms with Crippen molar-refractivity contribution >= 4 is 28.6 Å². The first-order valence-corrected chi connectivity index (χ1v) is 9.25. The van der Waals surface area contributed by atoms with Crippen LogP contribution >= 0.6 is 22.7 Å². The summed E-state index contributed by atoms with van der Waals surface area (Å²) in [7, 11) is 0. The molecule has 1 saturated heterocycles. The molecule has 2 aromatic heterocycles. The van der Waals surface area contributed by atoms with E-state index >= 15 is 0 Å². The predicted molar refractivity (Wildman–Crippen MR) is 93.5 cm³/mol. The fourth-order valence-corrected chi connectivity index (χ4v) is 5.96. The van der Waals surface area contributed by atoms with Gasteiger partial charge in [0.2, 0.25) is 0 Å². The lowest BCUT2D eigenvalue weighted by atomic mass is 9.80. The number of cyclic esters (lactones) is 1. The minimum Gasteiger partial charge on any atom is -0.465 e. The molecule has 0 N–H and O–H groups in total. The van der Waals surface area contributed by atoms with E-state index in [2.05, 4.69) is 41.5 Å². The molecule has 2 unspecified atom stereocenters. The van der Waals surface area contributed by atoms with Gasteiger partial charge in [0.25, 0.3) is 0 Å². The molecule has 0 saturated carbocycles.